The van der Waals surface area contributed by atoms with Crippen molar-refractivity contribution in [1.82, 2.24) is 20.1 Å². The van der Waals surface area contributed by atoms with Gasteiger partial charge in [-0.25, -0.2) is 4.98 Å². The molecule has 3 fully saturated rings. The summed E-state index contributed by atoms with van der Waals surface area (Å²) in [5.74, 6) is -0.837. The number of pyridine rings is 1. The Morgan fingerprint density at radius 2 is 1.86 bits per heavy atom. The molecular formula is C40H43ClF3N9O5S. The summed E-state index contributed by atoms with van der Waals surface area (Å²) in [5.41, 5.74) is -1.08. The number of imide groups is 1. The van der Waals surface area contributed by atoms with Crippen molar-refractivity contribution in [1.29, 1.82) is 5.26 Å². The summed E-state index contributed by atoms with van der Waals surface area (Å²) in [6.07, 6.45) is -2.66. The molecule has 0 bridgehead atoms. The molecule has 4 heterocycles. The second-order valence-electron chi connectivity index (χ2n) is 15.1. The average molecular weight is 854 g/mol. The lowest BCUT2D eigenvalue weighted by Gasteiger charge is -2.39. The summed E-state index contributed by atoms with van der Waals surface area (Å²) in [5, 5.41) is 17.8. The highest BCUT2D eigenvalue weighted by atomic mass is 35.5. The van der Waals surface area contributed by atoms with Crippen LogP contribution in [-0.2, 0) is 31.8 Å². The predicted molar refractivity (Wildman–Crippen MR) is 219 cm³/mol. The minimum absolute atomic E-state index is 0.0287. The van der Waals surface area contributed by atoms with E-state index < -0.39 is 40.8 Å². The standard InChI is InChI=1S/C40H43ClF3N9O5S/c1-5-24-14-28(53-38(59)52(37(57)39(53,3)4)29-18-30(40(42,43)44)32(19-45)46-20-29)6-8-33(24)58-13-12-50-10-11-51(23(2)21-50)22-35(55)48-27-16-25(41)15-26(17-27)47-31-7-9-34(54)49-36(31)56/h6,8,14-18,20,23,31,47H,5,7,9-13,21-22H2,1-4H3,(H,48,55)(H,49,54,56). The summed E-state index contributed by atoms with van der Waals surface area (Å²) in [6, 6.07) is 12.0. The zero-order chi connectivity index (χ0) is 42.8. The van der Waals surface area contributed by atoms with Crippen LogP contribution in [0.5, 0.6) is 5.75 Å². The molecule has 3 aromatic rings. The summed E-state index contributed by atoms with van der Waals surface area (Å²) < 4.78 is 47.4. The fourth-order valence-corrected chi connectivity index (χ4v) is 8.17. The minimum atomic E-state index is -4.86. The third-order valence-corrected chi connectivity index (χ3v) is 11.1. The number of benzene rings is 2. The van der Waals surface area contributed by atoms with Gasteiger partial charge in [-0.2, -0.15) is 18.4 Å². The molecule has 312 valence electrons. The summed E-state index contributed by atoms with van der Waals surface area (Å²) in [7, 11) is 0. The molecule has 0 saturated carbocycles. The lowest BCUT2D eigenvalue weighted by Crippen LogP contribution is -2.54. The predicted octanol–water partition coefficient (Wildman–Crippen LogP) is 5.35. The van der Waals surface area contributed by atoms with Crippen molar-refractivity contribution in [3.8, 4) is 11.8 Å². The molecule has 3 aliphatic rings. The van der Waals surface area contributed by atoms with Gasteiger partial charge in [-0.3, -0.25) is 39.2 Å². The molecule has 14 nitrogen and oxygen atoms in total. The van der Waals surface area contributed by atoms with E-state index in [9.17, 15) is 37.6 Å². The zero-order valence-corrected chi connectivity index (χ0v) is 34.4. The van der Waals surface area contributed by atoms with Crippen molar-refractivity contribution in [3.05, 3.63) is 70.5 Å². The maximum Gasteiger partial charge on any atom is 0.419 e. The van der Waals surface area contributed by atoms with E-state index in [1.807, 2.05) is 13.0 Å². The van der Waals surface area contributed by atoms with Crippen LogP contribution in [0.15, 0.2) is 48.7 Å². The van der Waals surface area contributed by atoms with E-state index in [1.165, 1.54) is 6.07 Å². The molecule has 3 N–H and O–H groups in total. The molecule has 4 amide bonds. The molecule has 3 aliphatic heterocycles. The van der Waals surface area contributed by atoms with E-state index in [4.69, 9.17) is 28.6 Å². The number of rotatable bonds is 12. The highest BCUT2D eigenvalue weighted by Crippen LogP contribution is 2.40. The summed E-state index contributed by atoms with van der Waals surface area (Å²) in [4.78, 5) is 61.1. The molecule has 59 heavy (non-hydrogen) atoms. The first-order valence-corrected chi connectivity index (χ1v) is 19.8. The molecule has 3 saturated heterocycles. The Morgan fingerprint density at radius 3 is 2.54 bits per heavy atom. The van der Waals surface area contributed by atoms with Gasteiger partial charge in [0, 0.05) is 60.7 Å². The van der Waals surface area contributed by atoms with E-state index in [0.717, 1.165) is 16.7 Å². The van der Waals surface area contributed by atoms with Crippen LogP contribution in [0.4, 0.5) is 35.9 Å². The number of carbonyl (C=O) groups excluding carboxylic acids is 4. The van der Waals surface area contributed by atoms with E-state index in [2.05, 4.69) is 37.7 Å². The number of piperazine rings is 1. The Hall–Kier alpha value is -5.35. The number of anilines is 4. The van der Waals surface area contributed by atoms with Gasteiger partial charge in [0.2, 0.25) is 17.7 Å². The Kier molecular flexibility index (Phi) is 12.8. The number of alkyl halides is 3. The fraction of sp³-hybridized carbons (Fsp3) is 0.425. The number of nitrogens with zero attached hydrogens (tertiary/aromatic N) is 6. The van der Waals surface area contributed by atoms with Gasteiger partial charge in [0.05, 0.1) is 24.0 Å². The van der Waals surface area contributed by atoms with Crippen LogP contribution >= 0.6 is 23.8 Å². The molecule has 1 aromatic heterocycles. The first-order chi connectivity index (χ1) is 27.9. The number of nitrogens with one attached hydrogen (secondary N) is 3. The first-order valence-electron chi connectivity index (χ1n) is 19.0. The zero-order valence-electron chi connectivity index (χ0n) is 32.8. The lowest BCUT2D eigenvalue weighted by molar-refractivity contribution is -0.138. The molecule has 0 aliphatic carbocycles. The monoisotopic (exact) mass is 853 g/mol. The molecule has 19 heteroatoms. The number of hydrogen-bond acceptors (Lipinski definition) is 11. The number of aromatic nitrogens is 1. The average Bonchev–Trinajstić information content (AvgIpc) is 3.34. The molecule has 6 rings (SSSR count). The Balaban J connectivity index is 1.02. The van der Waals surface area contributed by atoms with E-state index in [1.54, 1.807) is 49.1 Å². The summed E-state index contributed by atoms with van der Waals surface area (Å²) in [6.45, 7) is 10.5. The normalized spacial score (nSPS) is 20.1. The van der Waals surface area contributed by atoms with Crippen molar-refractivity contribution in [3.63, 3.8) is 0 Å². The largest absolute Gasteiger partial charge is 0.492 e. The Labute approximate surface area is 349 Å². The lowest BCUT2D eigenvalue weighted by atomic mass is 10.0. The van der Waals surface area contributed by atoms with Crippen LogP contribution in [0, 0.1) is 11.3 Å². The molecule has 2 atom stereocenters. The Morgan fingerprint density at radius 1 is 1.12 bits per heavy atom. The third kappa shape index (κ3) is 9.59. The number of ether oxygens (including phenoxy) is 1. The second kappa shape index (κ2) is 17.5. The van der Waals surface area contributed by atoms with E-state index in [0.29, 0.717) is 79.5 Å². The quantitative estimate of drug-likeness (QED) is 0.159. The van der Waals surface area contributed by atoms with E-state index in [-0.39, 0.29) is 41.6 Å². The number of carbonyl (C=O) groups is 4. The van der Waals surface area contributed by atoms with Gasteiger partial charge in [-0.1, -0.05) is 18.5 Å². The number of nitriles is 1. The van der Waals surface area contributed by atoms with Gasteiger partial charge in [0.15, 0.2) is 10.8 Å². The SMILES string of the molecule is CCc1cc(N2C(=S)N(c3cnc(C#N)c(C(F)(F)F)c3)C(=O)C2(C)C)ccc1OCCN1CCN(CC(=O)Nc2cc(Cl)cc(NC3CCC(=O)NC3=O)c2)C(C)C1. The van der Waals surface area contributed by atoms with Crippen molar-refractivity contribution >= 4 is 75.3 Å². The number of thiocarbonyl (C=S) groups is 1. The van der Waals surface area contributed by atoms with Crippen LogP contribution in [-0.4, -0.2) is 100 Å². The molecule has 2 unspecified atom stereocenters. The molecule has 0 spiro atoms. The first kappa shape index (κ1) is 43.2. The van der Waals surface area contributed by atoms with Gasteiger partial charge in [0.25, 0.3) is 5.91 Å². The molecule has 0 radical (unpaired) electrons. The minimum Gasteiger partial charge on any atom is -0.492 e. The van der Waals surface area contributed by atoms with Crippen molar-refractivity contribution in [2.75, 3.05) is 59.8 Å². The smallest absolute Gasteiger partial charge is 0.419 e. The third-order valence-electron chi connectivity index (χ3n) is 10.5. The fourth-order valence-electron chi connectivity index (χ4n) is 7.42. The topological polar surface area (TPSA) is 163 Å². The number of piperidine rings is 1. The van der Waals surface area contributed by atoms with Gasteiger partial charge in [-0.15, -0.1) is 0 Å². The maximum atomic E-state index is 13.7. The van der Waals surface area contributed by atoms with Crippen molar-refractivity contribution < 1.29 is 37.1 Å². The van der Waals surface area contributed by atoms with E-state index >= 15 is 0 Å². The van der Waals surface area contributed by atoms with Crippen LogP contribution < -0.4 is 30.5 Å². The van der Waals surface area contributed by atoms with Crippen LogP contribution in [0.1, 0.15) is 57.4 Å². The highest BCUT2D eigenvalue weighted by Gasteiger charge is 2.51. The van der Waals surface area contributed by atoms with Gasteiger partial charge in [0.1, 0.15) is 30.0 Å². The number of amides is 4. The van der Waals surface area contributed by atoms with Gasteiger partial charge >= 0.3 is 6.18 Å². The van der Waals surface area contributed by atoms with Crippen LogP contribution in [0.2, 0.25) is 5.02 Å². The number of hydrogen-bond donors (Lipinski definition) is 3. The molecular weight excluding hydrogens is 811 g/mol. The van der Waals surface area contributed by atoms with Crippen LogP contribution in [0.3, 0.4) is 0 Å². The van der Waals surface area contributed by atoms with Gasteiger partial charge < -0.3 is 20.3 Å². The van der Waals surface area contributed by atoms with Crippen molar-refractivity contribution in [2.45, 2.75) is 70.8 Å². The van der Waals surface area contributed by atoms with Crippen molar-refractivity contribution in [2.24, 2.45) is 0 Å². The molecule has 2 aromatic carbocycles. The second-order valence-corrected chi connectivity index (χ2v) is 15.9. The number of halogens is 4. The summed E-state index contributed by atoms with van der Waals surface area (Å²) >= 11 is 12.0. The van der Waals surface area contributed by atoms with Crippen LogP contribution in [0.25, 0.3) is 0 Å². The van der Waals surface area contributed by atoms with Gasteiger partial charge in [-0.05, 0) is 93.9 Å². The maximum absolute atomic E-state index is 13.7. The number of aryl methyl sites for hydroxylation is 1. The Bertz CT molecular complexity index is 2220. The highest BCUT2D eigenvalue weighted by molar-refractivity contribution is 7.81.